The Kier molecular flexibility index (Phi) is 7.57. The lowest BCUT2D eigenvalue weighted by atomic mass is 10.1. The van der Waals surface area contributed by atoms with Crippen LogP contribution in [0.5, 0.6) is 5.75 Å². The second kappa shape index (κ2) is 10.6. The molecule has 1 aliphatic carbocycles. The summed E-state index contributed by atoms with van der Waals surface area (Å²) in [5.41, 5.74) is 1.43. The summed E-state index contributed by atoms with van der Waals surface area (Å²) in [7, 11) is 0. The third-order valence-corrected chi connectivity index (χ3v) is 6.27. The van der Waals surface area contributed by atoms with Gasteiger partial charge in [-0.3, -0.25) is 9.69 Å². The number of ketones is 1. The fourth-order valence-electron chi connectivity index (χ4n) is 4.18. The number of hydrogen-bond acceptors (Lipinski definition) is 5. The molecule has 1 amide bonds. The van der Waals surface area contributed by atoms with E-state index in [2.05, 4.69) is 17.0 Å². The van der Waals surface area contributed by atoms with Gasteiger partial charge in [0.2, 0.25) is 0 Å². The van der Waals surface area contributed by atoms with E-state index in [1.54, 1.807) is 4.90 Å². The van der Waals surface area contributed by atoms with Crippen LogP contribution in [0.1, 0.15) is 62.1 Å². The molecule has 0 radical (unpaired) electrons. The van der Waals surface area contributed by atoms with Crippen LogP contribution in [0.2, 0.25) is 0 Å². The van der Waals surface area contributed by atoms with Crippen LogP contribution in [0.4, 0.5) is 4.79 Å². The Labute approximate surface area is 202 Å². The third-order valence-electron chi connectivity index (χ3n) is 6.27. The summed E-state index contributed by atoms with van der Waals surface area (Å²) >= 11 is 0. The number of amides is 1. The highest BCUT2D eigenvalue weighted by atomic mass is 16.6. The second-order valence-electron chi connectivity index (χ2n) is 10.3. The highest BCUT2D eigenvalue weighted by Gasteiger charge is 2.30. The van der Waals surface area contributed by atoms with Gasteiger partial charge in [0.05, 0.1) is 0 Å². The molecule has 1 heterocycles. The minimum Gasteiger partial charge on any atom is -0.486 e. The fourth-order valence-corrected chi connectivity index (χ4v) is 4.18. The van der Waals surface area contributed by atoms with Crippen LogP contribution in [0.15, 0.2) is 54.6 Å². The molecule has 6 nitrogen and oxygen atoms in total. The largest absolute Gasteiger partial charge is 0.486 e. The first-order chi connectivity index (χ1) is 16.3. The topological polar surface area (TPSA) is 59.1 Å². The quantitative estimate of drug-likeness (QED) is 0.494. The average Bonchev–Trinajstić information content (AvgIpc) is 3.67. The lowest BCUT2D eigenvalue weighted by Gasteiger charge is -2.36. The Morgan fingerprint density at radius 3 is 2.18 bits per heavy atom. The van der Waals surface area contributed by atoms with Gasteiger partial charge in [-0.05, 0) is 63.4 Å². The summed E-state index contributed by atoms with van der Waals surface area (Å²) in [5, 5.41) is 0. The number of carbonyl (C=O) groups is 2. The number of benzene rings is 2. The zero-order valence-corrected chi connectivity index (χ0v) is 20.5. The third kappa shape index (κ3) is 6.83. The van der Waals surface area contributed by atoms with Crippen molar-refractivity contribution >= 4 is 11.9 Å². The molecule has 2 fully saturated rings. The highest BCUT2D eigenvalue weighted by molar-refractivity contribution is 5.99. The van der Waals surface area contributed by atoms with Gasteiger partial charge in [0, 0.05) is 50.6 Å². The predicted molar refractivity (Wildman–Crippen MR) is 132 cm³/mol. The van der Waals surface area contributed by atoms with Gasteiger partial charge in [0.25, 0.3) is 0 Å². The summed E-state index contributed by atoms with van der Waals surface area (Å²) < 4.78 is 11.9. The summed E-state index contributed by atoms with van der Waals surface area (Å²) in [6.07, 6.45) is 2.54. The van der Waals surface area contributed by atoms with Crippen molar-refractivity contribution in [3.05, 3.63) is 65.7 Å². The number of hydrogen-bond donors (Lipinski definition) is 0. The molecule has 1 atom stereocenters. The van der Waals surface area contributed by atoms with Crippen LogP contribution < -0.4 is 4.74 Å². The van der Waals surface area contributed by atoms with Crippen molar-refractivity contribution in [3.8, 4) is 5.75 Å². The Morgan fingerprint density at radius 2 is 1.59 bits per heavy atom. The molecule has 4 rings (SSSR count). The molecule has 0 bridgehead atoms. The first-order valence-corrected chi connectivity index (χ1v) is 12.3. The van der Waals surface area contributed by atoms with E-state index in [9.17, 15) is 9.59 Å². The number of piperazine rings is 1. The molecule has 0 N–H and O–H groups in total. The van der Waals surface area contributed by atoms with Crippen LogP contribution in [0, 0.1) is 5.92 Å². The second-order valence-corrected chi connectivity index (χ2v) is 10.3. The molecule has 1 saturated carbocycles. The molecule has 1 saturated heterocycles. The van der Waals surface area contributed by atoms with Crippen LogP contribution in [0.25, 0.3) is 0 Å². The minimum atomic E-state index is -0.474. The van der Waals surface area contributed by atoms with Crippen LogP contribution in [-0.2, 0) is 4.74 Å². The van der Waals surface area contributed by atoms with Crippen molar-refractivity contribution in [2.75, 3.05) is 32.7 Å². The van der Waals surface area contributed by atoms with E-state index in [1.807, 2.05) is 63.2 Å². The summed E-state index contributed by atoms with van der Waals surface area (Å²) in [4.78, 5) is 28.8. The lowest BCUT2D eigenvalue weighted by Crippen LogP contribution is -2.50. The first kappa shape index (κ1) is 24.3. The average molecular weight is 465 g/mol. The molecule has 0 spiro atoms. The van der Waals surface area contributed by atoms with E-state index in [1.165, 1.54) is 0 Å². The minimum absolute atomic E-state index is 0.0879. The number of Topliss-reactive ketones (excluding diaryl/α,β-unsaturated/α-hetero) is 1. The van der Waals surface area contributed by atoms with Gasteiger partial charge in [-0.2, -0.15) is 0 Å². The lowest BCUT2D eigenvalue weighted by molar-refractivity contribution is 0.0135. The van der Waals surface area contributed by atoms with Crippen LogP contribution in [-0.4, -0.2) is 60.0 Å². The summed E-state index contributed by atoms with van der Waals surface area (Å²) in [6.45, 7) is 9.53. The van der Waals surface area contributed by atoms with E-state index in [0.717, 1.165) is 55.8 Å². The van der Waals surface area contributed by atoms with Crippen molar-refractivity contribution in [1.29, 1.82) is 0 Å². The standard InChI is InChI=1S/C28H36N2O4/c1-28(2,3)34-27(32)30-19-17-29(18-20-30)16-15-25(21-7-5-4-6-8-21)33-24-13-11-23(12-14-24)26(31)22-9-10-22/h4-8,11-14,22,25H,9-10,15-20H2,1-3H3. The van der Waals surface area contributed by atoms with Crippen molar-refractivity contribution < 1.29 is 19.1 Å². The van der Waals surface area contributed by atoms with Gasteiger partial charge >= 0.3 is 6.09 Å². The van der Waals surface area contributed by atoms with E-state index >= 15 is 0 Å². The fraction of sp³-hybridized carbons (Fsp3) is 0.500. The summed E-state index contributed by atoms with van der Waals surface area (Å²) in [6, 6.07) is 17.8. The van der Waals surface area contributed by atoms with Gasteiger partial charge in [-0.15, -0.1) is 0 Å². The zero-order valence-electron chi connectivity index (χ0n) is 20.5. The molecule has 0 aromatic heterocycles. The maximum absolute atomic E-state index is 12.3. The molecule has 2 aromatic carbocycles. The van der Waals surface area contributed by atoms with Gasteiger partial charge in [0.1, 0.15) is 17.5 Å². The zero-order chi connectivity index (χ0) is 24.1. The van der Waals surface area contributed by atoms with Crippen molar-refractivity contribution in [2.24, 2.45) is 5.92 Å². The molecular weight excluding hydrogens is 428 g/mol. The van der Waals surface area contributed by atoms with E-state index in [-0.39, 0.29) is 23.9 Å². The molecule has 2 aromatic rings. The van der Waals surface area contributed by atoms with Crippen molar-refractivity contribution in [3.63, 3.8) is 0 Å². The Bertz CT molecular complexity index is 956. The Morgan fingerprint density at radius 1 is 0.941 bits per heavy atom. The number of ether oxygens (including phenoxy) is 2. The van der Waals surface area contributed by atoms with Crippen LogP contribution >= 0.6 is 0 Å². The maximum Gasteiger partial charge on any atom is 0.410 e. The molecule has 34 heavy (non-hydrogen) atoms. The predicted octanol–water partition coefficient (Wildman–Crippen LogP) is 5.34. The van der Waals surface area contributed by atoms with Crippen molar-refractivity contribution in [2.45, 2.75) is 51.7 Å². The maximum atomic E-state index is 12.3. The van der Waals surface area contributed by atoms with E-state index < -0.39 is 5.60 Å². The number of rotatable bonds is 8. The molecule has 6 heteroatoms. The molecule has 1 aliphatic heterocycles. The van der Waals surface area contributed by atoms with Gasteiger partial charge in [-0.1, -0.05) is 30.3 Å². The van der Waals surface area contributed by atoms with E-state index in [4.69, 9.17) is 9.47 Å². The first-order valence-electron chi connectivity index (χ1n) is 12.3. The van der Waals surface area contributed by atoms with Gasteiger partial charge < -0.3 is 14.4 Å². The Hall–Kier alpha value is -2.86. The monoisotopic (exact) mass is 464 g/mol. The van der Waals surface area contributed by atoms with E-state index in [0.29, 0.717) is 13.1 Å². The number of carbonyl (C=O) groups excluding carboxylic acids is 2. The normalized spacial score (nSPS) is 17.8. The number of nitrogens with zero attached hydrogens (tertiary/aromatic N) is 2. The summed E-state index contributed by atoms with van der Waals surface area (Å²) in [5.74, 6) is 1.24. The molecular formula is C28H36N2O4. The highest BCUT2D eigenvalue weighted by Crippen LogP contribution is 2.33. The molecule has 182 valence electrons. The molecule has 2 aliphatic rings. The van der Waals surface area contributed by atoms with Crippen molar-refractivity contribution in [1.82, 2.24) is 9.80 Å². The Balaban J connectivity index is 1.33. The van der Waals surface area contributed by atoms with Gasteiger partial charge in [-0.25, -0.2) is 4.79 Å². The SMILES string of the molecule is CC(C)(C)OC(=O)N1CCN(CCC(Oc2ccc(C(=O)C3CC3)cc2)c2ccccc2)CC1. The van der Waals surface area contributed by atoms with Crippen LogP contribution in [0.3, 0.4) is 0 Å². The smallest absolute Gasteiger partial charge is 0.410 e. The van der Waals surface area contributed by atoms with Gasteiger partial charge in [0.15, 0.2) is 5.78 Å². The molecule has 1 unspecified atom stereocenters.